The number of benzene rings is 1. The first-order valence-corrected chi connectivity index (χ1v) is 8.26. The molecule has 0 amide bonds. The maximum absolute atomic E-state index is 5.38. The van der Waals surface area contributed by atoms with Crippen LogP contribution in [0.4, 0.5) is 0 Å². The van der Waals surface area contributed by atoms with Gasteiger partial charge in [-0.3, -0.25) is 4.99 Å². The van der Waals surface area contributed by atoms with Crippen molar-refractivity contribution in [1.29, 1.82) is 0 Å². The summed E-state index contributed by atoms with van der Waals surface area (Å²) >= 11 is 0. The topological polar surface area (TPSA) is 94.8 Å². The number of aromatic nitrogens is 3. The van der Waals surface area contributed by atoms with Crippen molar-refractivity contribution in [2.75, 3.05) is 28.4 Å². The maximum atomic E-state index is 5.38. The number of nitrogens with one attached hydrogen (secondary N) is 2. The lowest BCUT2D eigenvalue weighted by molar-refractivity contribution is 0.323. The zero-order valence-corrected chi connectivity index (χ0v) is 15.9. The number of rotatable bonds is 8. The van der Waals surface area contributed by atoms with Gasteiger partial charge >= 0.3 is 0 Å². The molecule has 0 aliphatic rings. The summed E-state index contributed by atoms with van der Waals surface area (Å²) in [5, 5.41) is 14.5. The average molecular weight is 362 g/mol. The highest BCUT2D eigenvalue weighted by Crippen LogP contribution is 2.38. The minimum absolute atomic E-state index is 0.531. The molecule has 0 aliphatic carbocycles. The lowest BCUT2D eigenvalue weighted by Gasteiger charge is -2.16. The van der Waals surface area contributed by atoms with Crippen LogP contribution in [-0.2, 0) is 19.6 Å². The Balaban J connectivity index is 2.02. The SMILES string of the molecule is CCn1cnnc1CNC(=NC)NCc1cc(OC)c(OC)c(OC)c1. The average Bonchev–Trinajstić information content (AvgIpc) is 3.14. The molecule has 2 aromatic rings. The van der Waals surface area contributed by atoms with Crippen molar-refractivity contribution < 1.29 is 14.2 Å². The Bertz CT molecular complexity index is 719. The van der Waals surface area contributed by atoms with Crippen LogP contribution in [-0.4, -0.2) is 49.1 Å². The van der Waals surface area contributed by atoms with Crippen molar-refractivity contribution >= 4 is 5.96 Å². The summed E-state index contributed by atoms with van der Waals surface area (Å²) in [5.74, 6) is 3.30. The molecule has 0 spiro atoms. The minimum Gasteiger partial charge on any atom is -0.493 e. The van der Waals surface area contributed by atoms with Crippen LogP contribution >= 0.6 is 0 Å². The van der Waals surface area contributed by atoms with Crippen molar-refractivity contribution in [3.63, 3.8) is 0 Å². The van der Waals surface area contributed by atoms with E-state index in [-0.39, 0.29) is 0 Å². The summed E-state index contributed by atoms with van der Waals surface area (Å²) < 4.78 is 18.1. The number of methoxy groups -OCH3 is 3. The first-order valence-electron chi connectivity index (χ1n) is 8.26. The van der Waals surface area contributed by atoms with Crippen LogP contribution in [0.25, 0.3) is 0 Å². The molecule has 2 N–H and O–H groups in total. The van der Waals surface area contributed by atoms with Crippen molar-refractivity contribution in [2.45, 2.75) is 26.6 Å². The number of hydrogen-bond donors (Lipinski definition) is 2. The number of aryl methyl sites for hydroxylation is 1. The zero-order valence-electron chi connectivity index (χ0n) is 15.9. The standard InChI is InChI=1S/C17H26N6O3/c1-6-23-11-21-22-15(23)10-20-17(18-2)19-9-12-7-13(24-3)16(26-5)14(8-12)25-4/h7-8,11H,6,9-10H2,1-5H3,(H2,18,19,20). The molecule has 9 heteroatoms. The monoisotopic (exact) mass is 362 g/mol. The highest BCUT2D eigenvalue weighted by Gasteiger charge is 2.13. The molecule has 2 rings (SSSR count). The van der Waals surface area contributed by atoms with Gasteiger partial charge in [-0.05, 0) is 24.6 Å². The third-order valence-electron chi connectivity index (χ3n) is 3.86. The van der Waals surface area contributed by atoms with Gasteiger partial charge in [-0.2, -0.15) is 0 Å². The van der Waals surface area contributed by atoms with Gasteiger partial charge in [-0.1, -0.05) is 0 Å². The van der Waals surface area contributed by atoms with Crippen LogP contribution in [0.2, 0.25) is 0 Å². The predicted octanol–water partition coefficient (Wildman–Crippen LogP) is 1.19. The third kappa shape index (κ3) is 4.56. The Morgan fingerprint density at radius 2 is 1.73 bits per heavy atom. The summed E-state index contributed by atoms with van der Waals surface area (Å²) in [6.45, 7) is 3.94. The van der Waals surface area contributed by atoms with Crippen LogP contribution in [0, 0.1) is 0 Å². The number of guanidine groups is 1. The molecule has 142 valence electrons. The van der Waals surface area contributed by atoms with Crippen LogP contribution in [0.3, 0.4) is 0 Å². The Labute approximate surface area is 153 Å². The molecule has 0 aliphatic heterocycles. The largest absolute Gasteiger partial charge is 0.493 e. The summed E-state index contributed by atoms with van der Waals surface area (Å²) in [7, 11) is 6.49. The maximum Gasteiger partial charge on any atom is 0.203 e. The van der Waals surface area contributed by atoms with Crippen molar-refractivity contribution in [3.8, 4) is 17.2 Å². The Morgan fingerprint density at radius 3 is 2.27 bits per heavy atom. The second-order valence-corrected chi connectivity index (χ2v) is 5.35. The quantitative estimate of drug-likeness (QED) is 0.538. The Morgan fingerprint density at radius 1 is 1.08 bits per heavy atom. The van der Waals surface area contributed by atoms with E-state index in [2.05, 4.69) is 25.8 Å². The van der Waals surface area contributed by atoms with Crippen molar-refractivity contribution in [1.82, 2.24) is 25.4 Å². The molecular weight excluding hydrogens is 336 g/mol. The number of nitrogens with zero attached hydrogens (tertiary/aromatic N) is 4. The number of hydrogen-bond acceptors (Lipinski definition) is 6. The van der Waals surface area contributed by atoms with Gasteiger partial charge in [-0.15, -0.1) is 10.2 Å². The molecule has 0 unspecified atom stereocenters. The second-order valence-electron chi connectivity index (χ2n) is 5.35. The van der Waals surface area contributed by atoms with Crippen LogP contribution in [0.5, 0.6) is 17.2 Å². The molecule has 9 nitrogen and oxygen atoms in total. The number of aliphatic imine (C=N–C) groups is 1. The Hall–Kier alpha value is -2.97. The Kier molecular flexibility index (Phi) is 7.07. The van der Waals surface area contributed by atoms with Gasteiger partial charge in [0.1, 0.15) is 6.33 Å². The third-order valence-corrected chi connectivity index (χ3v) is 3.86. The van der Waals surface area contributed by atoms with E-state index in [0.717, 1.165) is 17.9 Å². The first kappa shape index (κ1) is 19.4. The molecular formula is C17H26N6O3. The second kappa shape index (κ2) is 9.50. The summed E-state index contributed by atoms with van der Waals surface area (Å²) in [5.41, 5.74) is 0.971. The normalized spacial score (nSPS) is 11.2. The van der Waals surface area contributed by atoms with Gasteiger partial charge < -0.3 is 29.4 Å². The fraction of sp³-hybridized carbons (Fsp3) is 0.471. The van der Waals surface area contributed by atoms with E-state index in [1.165, 1.54) is 0 Å². The summed E-state index contributed by atoms with van der Waals surface area (Å²) in [6.07, 6.45) is 1.71. The molecule has 0 radical (unpaired) electrons. The highest BCUT2D eigenvalue weighted by molar-refractivity contribution is 5.79. The van der Waals surface area contributed by atoms with E-state index in [1.54, 1.807) is 34.7 Å². The zero-order chi connectivity index (χ0) is 18.9. The smallest absolute Gasteiger partial charge is 0.203 e. The van der Waals surface area contributed by atoms with Crippen LogP contribution < -0.4 is 24.8 Å². The molecule has 1 aromatic heterocycles. The first-order chi connectivity index (χ1) is 12.7. The molecule has 0 atom stereocenters. The lowest BCUT2D eigenvalue weighted by atomic mass is 10.2. The van der Waals surface area contributed by atoms with E-state index >= 15 is 0 Å². The van der Waals surface area contributed by atoms with E-state index in [4.69, 9.17) is 14.2 Å². The van der Waals surface area contributed by atoms with E-state index < -0.39 is 0 Å². The van der Waals surface area contributed by atoms with E-state index in [9.17, 15) is 0 Å². The van der Waals surface area contributed by atoms with Gasteiger partial charge in [0.15, 0.2) is 23.3 Å². The molecule has 0 saturated heterocycles. The van der Waals surface area contributed by atoms with Crippen LogP contribution in [0.15, 0.2) is 23.5 Å². The fourth-order valence-electron chi connectivity index (χ4n) is 2.49. The molecule has 1 aromatic carbocycles. The number of ether oxygens (including phenoxy) is 3. The van der Waals surface area contributed by atoms with Gasteiger partial charge in [0, 0.05) is 20.1 Å². The van der Waals surface area contributed by atoms with Gasteiger partial charge in [0.05, 0.1) is 27.9 Å². The molecule has 0 saturated carbocycles. The highest BCUT2D eigenvalue weighted by atomic mass is 16.5. The minimum atomic E-state index is 0.531. The fourth-order valence-corrected chi connectivity index (χ4v) is 2.49. The summed E-state index contributed by atoms with van der Waals surface area (Å²) in [6, 6.07) is 3.80. The molecule has 1 heterocycles. The van der Waals surface area contributed by atoms with Gasteiger partial charge in [0.2, 0.25) is 5.75 Å². The van der Waals surface area contributed by atoms with Crippen molar-refractivity contribution in [3.05, 3.63) is 29.8 Å². The predicted molar refractivity (Wildman–Crippen MR) is 98.8 cm³/mol. The summed E-state index contributed by atoms with van der Waals surface area (Å²) in [4.78, 5) is 4.23. The van der Waals surface area contributed by atoms with Gasteiger partial charge in [0.25, 0.3) is 0 Å². The van der Waals surface area contributed by atoms with Crippen molar-refractivity contribution in [2.24, 2.45) is 4.99 Å². The van der Waals surface area contributed by atoms with Crippen LogP contribution in [0.1, 0.15) is 18.3 Å². The lowest BCUT2D eigenvalue weighted by Crippen LogP contribution is -2.37. The molecule has 0 fully saturated rings. The van der Waals surface area contributed by atoms with E-state index in [1.807, 2.05) is 23.6 Å². The molecule has 26 heavy (non-hydrogen) atoms. The molecule has 0 bridgehead atoms. The van der Waals surface area contributed by atoms with Gasteiger partial charge in [-0.25, -0.2) is 0 Å². The van der Waals surface area contributed by atoms with E-state index in [0.29, 0.717) is 36.3 Å².